The highest BCUT2D eigenvalue weighted by Crippen LogP contribution is 2.20. The smallest absolute Gasteiger partial charge is 0.284 e. The van der Waals surface area contributed by atoms with Crippen molar-refractivity contribution in [3.05, 3.63) is 46.3 Å². The normalized spacial score (nSPS) is 11.0. The minimum atomic E-state index is -0.121. The van der Waals surface area contributed by atoms with E-state index in [1.54, 1.807) is 0 Å². The van der Waals surface area contributed by atoms with Crippen LogP contribution in [0.5, 0.6) is 5.75 Å². The zero-order chi connectivity index (χ0) is 19.8. The molecule has 1 aromatic heterocycles. The number of aryl methyl sites for hydroxylation is 3. The van der Waals surface area contributed by atoms with Crippen LogP contribution in [0.15, 0.2) is 18.2 Å². The van der Waals surface area contributed by atoms with E-state index in [1.165, 1.54) is 47.9 Å². The number of benzene rings is 1. The third-order valence-corrected chi connectivity index (χ3v) is 5.14. The minimum Gasteiger partial charge on any atom is -0.483 e. The van der Waals surface area contributed by atoms with E-state index in [2.05, 4.69) is 18.1 Å². The van der Waals surface area contributed by atoms with E-state index in [0.29, 0.717) is 0 Å². The SMILES string of the molecule is CCCCCCCCc1c(C)nn(C(=O)COc2ccc(C)cc2C)c1C. The van der Waals surface area contributed by atoms with Gasteiger partial charge in [-0.3, -0.25) is 4.79 Å². The molecule has 0 unspecified atom stereocenters. The highest BCUT2D eigenvalue weighted by atomic mass is 16.5. The number of hydrogen-bond donors (Lipinski definition) is 0. The maximum Gasteiger partial charge on any atom is 0.284 e. The molecule has 0 aliphatic carbocycles. The lowest BCUT2D eigenvalue weighted by atomic mass is 10.0. The van der Waals surface area contributed by atoms with Gasteiger partial charge >= 0.3 is 0 Å². The van der Waals surface area contributed by atoms with Crippen LogP contribution in [-0.4, -0.2) is 22.3 Å². The summed E-state index contributed by atoms with van der Waals surface area (Å²) in [6, 6.07) is 5.97. The summed E-state index contributed by atoms with van der Waals surface area (Å²) in [6.45, 7) is 10.3. The summed E-state index contributed by atoms with van der Waals surface area (Å²) in [5.74, 6) is 0.632. The van der Waals surface area contributed by atoms with Gasteiger partial charge in [0.25, 0.3) is 5.91 Å². The summed E-state index contributed by atoms with van der Waals surface area (Å²) in [5.41, 5.74) is 5.35. The maximum atomic E-state index is 12.6. The molecule has 1 aromatic carbocycles. The van der Waals surface area contributed by atoms with Crippen LogP contribution in [0.25, 0.3) is 0 Å². The Balaban J connectivity index is 1.92. The third kappa shape index (κ3) is 5.95. The van der Waals surface area contributed by atoms with Gasteiger partial charge in [0.15, 0.2) is 6.61 Å². The lowest BCUT2D eigenvalue weighted by Gasteiger charge is -2.10. The van der Waals surface area contributed by atoms with E-state index in [9.17, 15) is 4.79 Å². The number of hydrogen-bond acceptors (Lipinski definition) is 3. The zero-order valence-corrected chi connectivity index (χ0v) is 17.6. The summed E-state index contributed by atoms with van der Waals surface area (Å²) in [6.07, 6.45) is 8.61. The first-order valence-electron chi connectivity index (χ1n) is 10.2. The van der Waals surface area contributed by atoms with Crippen molar-refractivity contribution in [1.82, 2.24) is 9.78 Å². The second-order valence-electron chi connectivity index (χ2n) is 7.53. The first kappa shape index (κ1) is 21.2. The zero-order valence-electron chi connectivity index (χ0n) is 17.6. The monoisotopic (exact) mass is 370 g/mol. The summed E-state index contributed by atoms with van der Waals surface area (Å²) < 4.78 is 7.26. The Morgan fingerprint density at radius 1 is 1.04 bits per heavy atom. The Kier molecular flexibility index (Phi) is 8.08. The summed E-state index contributed by atoms with van der Waals surface area (Å²) in [5, 5.41) is 4.47. The van der Waals surface area contributed by atoms with Crippen LogP contribution in [0.3, 0.4) is 0 Å². The Labute approximate surface area is 163 Å². The predicted molar refractivity (Wildman–Crippen MR) is 111 cm³/mol. The van der Waals surface area contributed by atoms with Crippen LogP contribution in [-0.2, 0) is 6.42 Å². The van der Waals surface area contributed by atoms with Crippen molar-refractivity contribution in [3.63, 3.8) is 0 Å². The minimum absolute atomic E-state index is 0.00230. The average molecular weight is 371 g/mol. The number of carbonyl (C=O) groups excluding carboxylic acids is 1. The van der Waals surface area contributed by atoms with Gasteiger partial charge < -0.3 is 4.74 Å². The standard InChI is InChI=1S/C23H34N2O2/c1-6-7-8-9-10-11-12-21-19(4)24-25(20(21)5)23(26)16-27-22-14-13-17(2)15-18(22)3/h13-15H,6-12,16H2,1-5H3. The van der Waals surface area contributed by atoms with Crippen molar-refractivity contribution in [2.45, 2.75) is 79.6 Å². The fraction of sp³-hybridized carbons (Fsp3) is 0.565. The van der Waals surface area contributed by atoms with Gasteiger partial charge in [-0.2, -0.15) is 5.10 Å². The fourth-order valence-corrected chi connectivity index (χ4v) is 3.52. The fourth-order valence-electron chi connectivity index (χ4n) is 3.52. The molecule has 148 valence electrons. The number of rotatable bonds is 10. The molecule has 0 saturated carbocycles. The predicted octanol–water partition coefficient (Wildman–Crippen LogP) is 5.74. The van der Waals surface area contributed by atoms with Crippen molar-refractivity contribution in [3.8, 4) is 5.75 Å². The Morgan fingerprint density at radius 3 is 2.44 bits per heavy atom. The van der Waals surface area contributed by atoms with Gasteiger partial charge in [-0.05, 0) is 57.7 Å². The number of unbranched alkanes of at least 4 members (excludes halogenated alkanes) is 5. The number of ether oxygens (including phenoxy) is 1. The van der Waals surface area contributed by atoms with Crippen LogP contribution >= 0.6 is 0 Å². The van der Waals surface area contributed by atoms with E-state index in [1.807, 2.05) is 39.8 Å². The largest absolute Gasteiger partial charge is 0.483 e. The van der Waals surface area contributed by atoms with Gasteiger partial charge in [0.2, 0.25) is 0 Å². The van der Waals surface area contributed by atoms with Gasteiger partial charge in [-0.1, -0.05) is 56.7 Å². The van der Waals surface area contributed by atoms with Crippen LogP contribution in [0.2, 0.25) is 0 Å². The van der Waals surface area contributed by atoms with Crippen molar-refractivity contribution in [2.24, 2.45) is 0 Å². The van der Waals surface area contributed by atoms with Crippen molar-refractivity contribution in [2.75, 3.05) is 6.61 Å². The molecule has 0 atom stereocenters. The summed E-state index contributed by atoms with van der Waals surface area (Å²) >= 11 is 0. The molecule has 2 rings (SSSR count). The highest BCUT2D eigenvalue weighted by molar-refractivity contribution is 5.80. The molecule has 4 nitrogen and oxygen atoms in total. The molecule has 0 radical (unpaired) electrons. The third-order valence-electron chi connectivity index (χ3n) is 5.14. The van der Waals surface area contributed by atoms with Crippen LogP contribution in [0, 0.1) is 27.7 Å². The lowest BCUT2D eigenvalue weighted by Crippen LogP contribution is -2.22. The molecule has 27 heavy (non-hydrogen) atoms. The number of nitrogens with zero attached hydrogens (tertiary/aromatic N) is 2. The molecule has 0 amide bonds. The summed E-state index contributed by atoms with van der Waals surface area (Å²) in [7, 11) is 0. The molecule has 4 heteroatoms. The van der Waals surface area contributed by atoms with Gasteiger partial charge in [0.1, 0.15) is 5.75 Å². The van der Waals surface area contributed by atoms with Gasteiger partial charge in [0, 0.05) is 5.69 Å². The number of aromatic nitrogens is 2. The molecule has 2 aromatic rings. The molecule has 0 saturated heterocycles. The average Bonchev–Trinajstić information content (AvgIpc) is 2.91. The summed E-state index contributed by atoms with van der Waals surface area (Å²) in [4.78, 5) is 12.6. The van der Waals surface area contributed by atoms with Gasteiger partial charge in [-0.15, -0.1) is 0 Å². The topological polar surface area (TPSA) is 44.1 Å². The Morgan fingerprint density at radius 2 is 1.74 bits per heavy atom. The second-order valence-corrected chi connectivity index (χ2v) is 7.53. The van der Waals surface area contributed by atoms with E-state index in [0.717, 1.165) is 35.5 Å². The molecule has 0 bridgehead atoms. The maximum absolute atomic E-state index is 12.6. The first-order valence-corrected chi connectivity index (χ1v) is 10.2. The molecule has 0 aliphatic rings. The van der Waals surface area contributed by atoms with Crippen LogP contribution < -0.4 is 4.74 Å². The quantitative estimate of drug-likeness (QED) is 0.501. The first-order chi connectivity index (χ1) is 12.9. The van der Waals surface area contributed by atoms with Gasteiger partial charge in [-0.25, -0.2) is 4.68 Å². The molecule has 0 N–H and O–H groups in total. The van der Waals surface area contributed by atoms with Crippen LogP contribution in [0.1, 0.15) is 78.3 Å². The van der Waals surface area contributed by atoms with E-state index < -0.39 is 0 Å². The van der Waals surface area contributed by atoms with Crippen molar-refractivity contribution in [1.29, 1.82) is 0 Å². The molecular formula is C23H34N2O2. The molecule has 0 spiro atoms. The molecular weight excluding hydrogens is 336 g/mol. The van der Waals surface area contributed by atoms with Crippen LogP contribution in [0.4, 0.5) is 0 Å². The lowest BCUT2D eigenvalue weighted by molar-refractivity contribution is 0.0817. The Hall–Kier alpha value is -2.10. The number of carbonyl (C=O) groups is 1. The molecule has 0 fully saturated rings. The van der Waals surface area contributed by atoms with Gasteiger partial charge in [0.05, 0.1) is 5.69 Å². The highest BCUT2D eigenvalue weighted by Gasteiger charge is 2.17. The van der Waals surface area contributed by atoms with Crippen molar-refractivity contribution >= 4 is 5.91 Å². The molecule has 1 heterocycles. The van der Waals surface area contributed by atoms with Crippen molar-refractivity contribution < 1.29 is 9.53 Å². The van der Waals surface area contributed by atoms with E-state index in [4.69, 9.17) is 4.74 Å². The Bertz CT molecular complexity index is 762. The van der Waals surface area contributed by atoms with E-state index in [-0.39, 0.29) is 12.5 Å². The second kappa shape index (κ2) is 10.3. The molecule has 0 aliphatic heterocycles. The van der Waals surface area contributed by atoms with E-state index >= 15 is 0 Å².